The normalized spacial score (nSPS) is 16.7. The third-order valence-corrected chi connectivity index (χ3v) is 4.62. The molecule has 3 heterocycles. The molecule has 1 aliphatic rings. The summed E-state index contributed by atoms with van der Waals surface area (Å²) >= 11 is 0. The van der Waals surface area contributed by atoms with E-state index < -0.39 is 5.92 Å². The van der Waals surface area contributed by atoms with Crippen molar-refractivity contribution in [3.05, 3.63) is 60.1 Å². The molecule has 0 bridgehead atoms. The molecule has 0 aliphatic carbocycles. The Balaban J connectivity index is 1.38. The van der Waals surface area contributed by atoms with Crippen LogP contribution in [0.3, 0.4) is 0 Å². The quantitative estimate of drug-likeness (QED) is 0.750. The van der Waals surface area contributed by atoms with Gasteiger partial charge in [-0.15, -0.1) is 0 Å². The van der Waals surface area contributed by atoms with Crippen molar-refractivity contribution in [2.24, 2.45) is 5.92 Å². The molecule has 1 atom stereocenters. The van der Waals surface area contributed by atoms with E-state index in [2.05, 4.69) is 10.5 Å². The second-order valence-electron chi connectivity index (χ2n) is 6.69. The predicted molar refractivity (Wildman–Crippen MR) is 97.5 cm³/mol. The van der Waals surface area contributed by atoms with Crippen molar-refractivity contribution < 1.29 is 18.5 Å². The lowest BCUT2D eigenvalue weighted by molar-refractivity contribution is -0.128. The first-order valence-corrected chi connectivity index (χ1v) is 8.73. The Morgan fingerprint density at radius 1 is 1.30 bits per heavy atom. The molecule has 0 unspecified atom stereocenters. The minimum Gasteiger partial charge on any atom is -0.467 e. The van der Waals surface area contributed by atoms with Crippen molar-refractivity contribution in [1.29, 1.82) is 0 Å². The van der Waals surface area contributed by atoms with Crippen LogP contribution in [0.5, 0.6) is 0 Å². The van der Waals surface area contributed by atoms with Crippen molar-refractivity contribution in [2.45, 2.75) is 19.9 Å². The number of nitrogens with one attached hydrogen (secondary N) is 1. The summed E-state index contributed by atoms with van der Waals surface area (Å²) < 4.78 is 10.5. The molecule has 138 valence electrons. The fourth-order valence-corrected chi connectivity index (χ4v) is 3.11. The van der Waals surface area contributed by atoms with Gasteiger partial charge in [0.25, 0.3) is 0 Å². The molecule has 3 aromatic rings. The number of carbonyl (C=O) groups excluding carboxylic acids is 2. The highest BCUT2D eigenvalue weighted by Gasteiger charge is 2.35. The molecule has 1 aromatic carbocycles. The molecular weight excluding hydrogens is 346 g/mol. The molecular formula is C20H19N3O4. The largest absolute Gasteiger partial charge is 0.467 e. The molecule has 0 saturated carbocycles. The third kappa shape index (κ3) is 3.76. The number of anilines is 1. The van der Waals surface area contributed by atoms with E-state index in [1.54, 1.807) is 23.3 Å². The van der Waals surface area contributed by atoms with Crippen LogP contribution in [0.1, 0.15) is 17.7 Å². The highest BCUT2D eigenvalue weighted by molar-refractivity contribution is 5.96. The summed E-state index contributed by atoms with van der Waals surface area (Å²) in [5.74, 6) is 0.219. The molecule has 27 heavy (non-hydrogen) atoms. The van der Waals surface area contributed by atoms with Crippen molar-refractivity contribution in [3.8, 4) is 11.3 Å². The third-order valence-electron chi connectivity index (χ3n) is 4.62. The summed E-state index contributed by atoms with van der Waals surface area (Å²) in [4.78, 5) is 26.3. The maximum Gasteiger partial charge on any atom is 0.232 e. The Hall–Kier alpha value is -3.35. The summed E-state index contributed by atoms with van der Waals surface area (Å²) in [6.45, 7) is 2.73. The Labute approximate surface area is 155 Å². The minimum atomic E-state index is -0.430. The number of carbonyl (C=O) groups is 2. The fraction of sp³-hybridized carbons (Fsp3) is 0.250. The maximum absolute atomic E-state index is 12.5. The van der Waals surface area contributed by atoms with Gasteiger partial charge in [0.05, 0.1) is 18.7 Å². The van der Waals surface area contributed by atoms with E-state index in [1.807, 2.05) is 37.3 Å². The number of aromatic nitrogens is 1. The lowest BCUT2D eigenvalue weighted by Gasteiger charge is -2.14. The van der Waals surface area contributed by atoms with Gasteiger partial charge in [0, 0.05) is 24.6 Å². The van der Waals surface area contributed by atoms with E-state index in [0.29, 0.717) is 24.5 Å². The highest BCUT2D eigenvalue weighted by Crippen LogP contribution is 2.25. The van der Waals surface area contributed by atoms with Crippen LogP contribution >= 0.6 is 0 Å². The van der Waals surface area contributed by atoms with Crippen LogP contribution < -0.4 is 5.32 Å². The lowest BCUT2D eigenvalue weighted by atomic mass is 10.1. The average molecular weight is 365 g/mol. The molecule has 2 amide bonds. The molecule has 1 fully saturated rings. The number of aryl methyl sites for hydroxylation is 1. The first kappa shape index (κ1) is 17.1. The zero-order valence-electron chi connectivity index (χ0n) is 14.8. The molecule has 0 spiro atoms. The van der Waals surface area contributed by atoms with Crippen LogP contribution in [0.2, 0.25) is 0 Å². The SMILES string of the molecule is Cc1ccc(-c2cc(NC(=O)[C@H]3CC(=O)N(Cc4ccco4)C3)on2)cc1. The van der Waals surface area contributed by atoms with Crippen LogP contribution in [0, 0.1) is 12.8 Å². The van der Waals surface area contributed by atoms with Gasteiger partial charge in [-0.1, -0.05) is 35.0 Å². The van der Waals surface area contributed by atoms with Gasteiger partial charge in [-0.2, -0.15) is 0 Å². The molecule has 2 aromatic heterocycles. The average Bonchev–Trinajstić information content (AvgIpc) is 3.39. The standard InChI is InChI=1S/C20H19N3O4/c1-13-4-6-14(7-5-13)17-10-18(27-22-17)21-20(25)15-9-19(24)23(11-15)12-16-3-2-8-26-16/h2-8,10,15H,9,11-12H2,1H3,(H,21,25)/t15-/m0/s1. The zero-order valence-corrected chi connectivity index (χ0v) is 14.8. The van der Waals surface area contributed by atoms with Crippen molar-refractivity contribution in [2.75, 3.05) is 11.9 Å². The monoisotopic (exact) mass is 365 g/mol. The summed E-state index contributed by atoms with van der Waals surface area (Å²) in [7, 11) is 0. The molecule has 1 aliphatic heterocycles. The fourth-order valence-electron chi connectivity index (χ4n) is 3.11. The Bertz CT molecular complexity index is 944. The number of hydrogen-bond donors (Lipinski definition) is 1. The predicted octanol–water partition coefficient (Wildman–Crippen LogP) is 3.23. The zero-order chi connectivity index (χ0) is 18.8. The van der Waals surface area contributed by atoms with Gasteiger partial charge >= 0.3 is 0 Å². The molecule has 7 nitrogen and oxygen atoms in total. The lowest BCUT2D eigenvalue weighted by Crippen LogP contribution is -2.27. The van der Waals surface area contributed by atoms with E-state index in [1.165, 1.54) is 0 Å². The first-order valence-electron chi connectivity index (χ1n) is 8.73. The number of hydrogen-bond acceptors (Lipinski definition) is 5. The van der Waals surface area contributed by atoms with E-state index in [-0.39, 0.29) is 24.1 Å². The number of rotatable bonds is 5. The topological polar surface area (TPSA) is 88.6 Å². The first-order chi connectivity index (χ1) is 13.1. The van der Waals surface area contributed by atoms with Gasteiger partial charge in [-0.05, 0) is 19.1 Å². The number of nitrogens with zero attached hydrogens (tertiary/aromatic N) is 2. The van der Waals surface area contributed by atoms with Gasteiger partial charge in [-0.3, -0.25) is 14.9 Å². The van der Waals surface area contributed by atoms with E-state index in [9.17, 15) is 9.59 Å². The van der Waals surface area contributed by atoms with Crippen LogP contribution in [0.4, 0.5) is 5.88 Å². The molecule has 0 radical (unpaired) electrons. The second kappa shape index (κ2) is 7.11. The Morgan fingerprint density at radius 2 is 2.11 bits per heavy atom. The van der Waals surface area contributed by atoms with Crippen molar-refractivity contribution >= 4 is 17.7 Å². The van der Waals surface area contributed by atoms with E-state index in [0.717, 1.165) is 11.1 Å². The molecule has 4 rings (SSSR count). The minimum absolute atomic E-state index is 0.0653. The summed E-state index contributed by atoms with van der Waals surface area (Å²) in [6, 6.07) is 13.1. The van der Waals surface area contributed by atoms with E-state index >= 15 is 0 Å². The molecule has 7 heteroatoms. The smallest absolute Gasteiger partial charge is 0.232 e. The summed E-state index contributed by atoms with van der Waals surface area (Å²) in [6.07, 6.45) is 1.74. The molecule has 1 N–H and O–H groups in total. The van der Waals surface area contributed by atoms with Gasteiger partial charge < -0.3 is 13.8 Å². The van der Waals surface area contributed by atoms with Gasteiger partial charge in [-0.25, -0.2) is 0 Å². The summed E-state index contributed by atoms with van der Waals surface area (Å²) in [5, 5.41) is 6.71. The number of likely N-dealkylation sites (tertiary alicyclic amines) is 1. The maximum atomic E-state index is 12.5. The number of amides is 2. The number of benzene rings is 1. The second-order valence-corrected chi connectivity index (χ2v) is 6.69. The van der Waals surface area contributed by atoms with Crippen molar-refractivity contribution in [1.82, 2.24) is 10.1 Å². The molecule has 1 saturated heterocycles. The Kier molecular flexibility index (Phi) is 4.50. The van der Waals surface area contributed by atoms with Gasteiger partial charge in [0.1, 0.15) is 11.5 Å². The van der Waals surface area contributed by atoms with Gasteiger partial charge in [0.15, 0.2) is 0 Å². The van der Waals surface area contributed by atoms with Crippen LogP contribution in [0.25, 0.3) is 11.3 Å². The summed E-state index contributed by atoms with van der Waals surface area (Å²) in [5.41, 5.74) is 2.71. The van der Waals surface area contributed by atoms with Gasteiger partial charge in [0.2, 0.25) is 17.7 Å². The highest BCUT2D eigenvalue weighted by atomic mass is 16.5. The van der Waals surface area contributed by atoms with Crippen LogP contribution in [0.15, 0.2) is 57.7 Å². The Morgan fingerprint density at radius 3 is 2.85 bits per heavy atom. The van der Waals surface area contributed by atoms with Crippen molar-refractivity contribution in [3.63, 3.8) is 0 Å². The van der Waals surface area contributed by atoms with Crippen LogP contribution in [-0.4, -0.2) is 28.4 Å². The van der Waals surface area contributed by atoms with E-state index in [4.69, 9.17) is 8.94 Å². The number of furan rings is 1. The van der Waals surface area contributed by atoms with Crippen LogP contribution in [-0.2, 0) is 16.1 Å².